The molecule has 18 aromatic rings. The van der Waals surface area contributed by atoms with E-state index in [1.165, 1.54) is 127 Å². The Hall–Kier alpha value is -13.0. The Kier molecular flexibility index (Phi) is 12.6. The van der Waals surface area contributed by atoms with Crippen molar-refractivity contribution >= 4 is 98.9 Å². The molecule has 2 heterocycles. The second-order valence-electron chi connectivity index (χ2n) is 25.8. The Balaban J connectivity index is 0.770. The molecule has 0 unspecified atom stereocenters. The number of para-hydroxylation sites is 2. The van der Waals surface area contributed by atoms with E-state index in [1.807, 2.05) is 18.6 Å². The lowest BCUT2D eigenvalue weighted by Crippen LogP contribution is -2.12. The SMILES string of the molecule is c1ccc(-c2c3c(c(-c4ccccc4)c4cc(-c5ccc6c(N(c7ccccc7)c7ccc8c9c(cccc79)-c7c-8c(-c8ccccc8)c8ccccc8c7-c7ccccc7)nccc6c5)ccc24)-c2cccc4c(N(c5ccccc5)c5cncc6ccccc56)ccc-3c24)cc1. The second-order valence-corrected chi connectivity index (χ2v) is 25.8. The Morgan fingerprint density at radius 2 is 0.612 bits per heavy atom. The fourth-order valence-corrected chi connectivity index (χ4v) is 16.5. The number of aromatic nitrogens is 2. The van der Waals surface area contributed by atoms with Crippen LogP contribution in [0, 0.1) is 0 Å². The van der Waals surface area contributed by atoms with Crippen LogP contribution in [0.5, 0.6) is 0 Å². The molecule has 0 radical (unpaired) electrons. The van der Waals surface area contributed by atoms with Gasteiger partial charge in [0.15, 0.2) is 0 Å². The van der Waals surface area contributed by atoms with Gasteiger partial charge in [0.25, 0.3) is 0 Å². The van der Waals surface area contributed by atoms with Crippen LogP contribution in [-0.2, 0) is 0 Å². The van der Waals surface area contributed by atoms with Crippen LogP contribution in [0.25, 0.3) is 165 Å². The Morgan fingerprint density at radius 1 is 0.214 bits per heavy atom. The molecule has 0 amide bonds. The number of fused-ring (bicyclic) bond motifs is 10. The lowest BCUT2D eigenvalue weighted by molar-refractivity contribution is 1.21. The number of nitrogens with zero attached hydrogens (tertiary/aromatic N) is 4. The minimum atomic E-state index is 0.864. The fraction of sp³-hybridized carbons (Fsp3) is 0. The summed E-state index contributed by atoms with van der Waals surface area (Å²) in [6.07, 6.45) is 5.97. The quantitative estimate of drug-likeness (QED) is 0.129. The largest absolute Gasteiger partial charge is 0.308 e. The standard InChI is InChI=1S/C94H58N4/c1-7-25-59(26-8-1)84-71-39-21-22-40-72(71)85(60-27-9-2-10-28-60)92-79-50-52-82(75-42-24-43-76(89(75)79)90(84)92)98(68-36-17-6-18-37-68)94-70-47-45-63(55-65(70)53-54-96-94)64-46-48-73-80(56-64)87(62-31-13-4-14-32-62)91-77-44-23-41-74-81(51-49-78(88(74)77)93(91)86(73)61-29-11-3-12-30-61)97(67-34-15-5-16-35-67)83-58-95-57-66-33-19-20-38-69(66)83/h1-58H. The number of hydrogen-bond acceptors (Lipinski definition) is 4. The van der Waals surface area contributed by atoms with Gasteiger partial charge in [0.1, 0.15) is 5.82 Å². The Labute approximate surface area is 567 Å². The summed E-state index contributed by atoms with van der Waals surface area (Å²) in [7, 11) is 0. The van der Waals surface area contributed by atoms with E-state index in [0.717, 1.165) is 72.3 Å². The molecule has 4 heteroatoms. The maximum absolute atomic E-state index is 5.38. The van der Waals surface area contributed by atoms with Crippen LogP contribution in [0.1, 0.15) is 0 Å². The van der Waals surface area contributed by atoms with E-state index in [-0.39, 0.29) is 0 Å². The van der Waals surface area contributed by atoms with Gasteiger partial charge < -0.3 is 4.90 Å². The summed E-state index contributed by atoms with van der Waals surface area (Å²) in [6.45, 7) is 0. The molecule has 16 aromatic carbocycles. The van der Waals surface area contributed by atoms with Crippen LogP contribution in [-0.4, -0.2) is 9.97 Å². The van der Waals surface area contributed by atoms with E-state index in [9.17, 15) is 0 Å². The monoisotopic (exact) mass is 1240 g/mol. The third-order valence-corrected chi connectivity index (χ3v) is 20.6. The van der Waals surface area contributed by atoms with E-state index in [4.69, 9.17) is 9.97 Å². The predicted molar refractivity (Wildman–Crippen MR) is 412 cm³/mol. The van der Waals surface area contributed by atoms with Crippen molar-refractivity contribution in [3.63, 3.8) is 0 Å². The molecule has 4 nitrogen and oxygen atoms in total. The normalized spacial score (nSPS) is 11.9. The van der Waals surface area contributed by atoms with Crippen molar-refractivity contribution in [3.05, 3.63) is 352 Å². The number of benzene rings is 16. The second kappa shape index (κ2) is 22.3. The van der Waals surface area contributed by atoms with Crippen molar-refractivity contribution in [1.29, 1.82) is 0 Å². The first-order chi connectivity index (χ1) is 48.7. The first-order valence-electron chi connectivity index (χ1n) is 33.7. The first-order valence-corrected chi connectivity index (χ1v) is 33.7. The molecule has 0 aliphatic heterocycles. The number of hydrogen-bond donors (Lipinski definition) is 0. The summed E-state index contributed by atoms with van der Waals surface area (Å²) >= 11 is 0. The molecule has 98 heavy (non-hydrogen) atoms. The molecule has 2 aliphatic rings. The highest BCUT2D eigenvalue weighted by atomic mass is 15.2. The van der Waals surface area contributed by atoms with Crippen LogP contribution in [0.2, 0.25) is 0 Å². The molecule has 0 saturated carbocycles. The third-order valence-electron chi connectivity index (χ3n) is 20.6. The van der Waals surface area contributed by atoms with Crippen LogP contribution < -0.4 is 9.80 Å². The lowest BCUT2D eigenvalue weighted by Gasteiger charge is -2.28. The van der Waals surface area contributed by atoms with Crippen molar-refractivity contribution in [2.45, 2.75) is 0 Å². The minimum Gasteiger partial charge on any atom is -0.308 e. The zero-order valence-electron chi connectivity index (χ0n) is 53.3. The average molecular weight is 1240 g/mol. The molecule has 2 aromatic heterocycles. The highest BCUT2D eigenvalue weighted by Crippen LogP contribution is 2.62. The molecule has 20 rings (SSSR count). The van der Waals surface area contributed by atoms with E-state index < -0.39 is 0 Å². The number of rotatable bonds is 11. The van der Waals surface area contributed by atoms with Crippen molar-refractivity contribution < 1.29 is 0 Å². The highest BCUT2D eigenvalue weighted by molar-refractivity contribution is 6.31. The summed E-state index contributed by atoms with van der Waals surface area (Å²) < 4.78 is 0. The molecular weight excluding hydrogens is 1190 g/mol. The van der Waals surface area contributed by atoms with Gasteiger partial charge in [-0.05, 0) is 192 Å². The lowest BCUT2D eigenvalue weighted by atomic mass is 9.81. The average Bonchev–Trinajstić information content (AvgIpc) is 1.53. The molecular formula is C94H58N4. The van der Waals surface area contributed by atoms with Crippen molar-refractivity contribution in [1.82, 2.24) is 9.97 Å². The minimum absolute atomic E-state index is 0.864. The summed E-state index contributed by atoms with van der Waals surface area (Å²) in [5.41, 5.74) is 27.3. The zero-order chi connectivity index (χ0) is 64.4. The van der Waals surface area contributed by atoms with Crippen LogP contribution in [0.4, 0.5) is 34.3 Å². The van der Waals surface area contributed by atoms with Gasteiger partial charge in [-0.25, -0.2) is 4.98 Å². The van der Waals surface area contributed by atoms with E-state index in [2.05, 4.69) is 343 Å². The molecule has 454 valence electrons. The molecule has 0 saturated heterocycles. The van der Waals surface area contributed by atoms with Gasteiger partial charge in [0.05, 0.1) is 23.3 Å². The van der Waals surface area contributed by atoms with Gasteiger partial charge in [0, 0.05) is 50.7 Å². The number of pyridine rings is 2. The molecule has 0 N–H and O–H groups in total. The maximum Gasteiger partial charge on any atom is 0.145 e. The molecule has 0 atom stereocenters. The van der Waals surface area contributed by atoms with Gasteiger partial charge in [0.2, 0.25) is 0 Å². The molecule has 0 bridgehead atoms. The summed E-state index contributed by atoms with van der Waals surface area (Å²) in [6, 6.07) is 123. The van der Waals surface area contributed by atoms with Gasteiger partial charge in [-0.2, -0.15) is 0 Å². The number of anilines is 6. The summed E-state index contributed by atoms with van der Waals surface area (Å²) in [5, 5.41) is 14.1. The van der Waals surface area contributed by atoms with E-state index in [1.54, 1.807) is 0 Å². The van der Waals surface area contributed by atoms with Crippen LogP contribution in [0.15, 0.2) is 352 Å². The van der Waals surface area contributed by atoms with Gasteiger partial charge in [-0.3, -0.25) is 9.88 Å². The van der Waals surface area contributed by atoms with Gasteiger partial charge in [-0.1, -0.05) is 279 Å². The molecule has 0 spiro atoms. The summed E-state index contributed by atoms with van der Waals surface area (Å²) in [4.78, 5) is 15.0. The zero-order valence-corrected chi connectivity index (χ0v) is 53.3. The van der Waals surface area contributed by atoms with Crippen molar-refractivity contribution in [3.8, 4) is 100 Å². The molecule has 0 fully saturated rings. The topological polar surface area (TPSA) is 32.3 Å². The van der Waals surface area contributed by atoms with Crippen LogP contribution in [0.3, 0.4) is 0 Å². The Morgan fingerprint density at radius 3 is 1.13 bits per heavy atom. The van der Waals surface area contributed by atoms with E-state index in [0.29, 0.717) is 0 Å². The Bertz CT molecular complexity index is 6180. The smallest absolute Gasteiger partial charge is 0.145 e. The predicted octanol–water partition coefficient (Wildman–Crippen LogP) is 26.0. The van der Waals surface area contributed by atoms with Gasteiger partial charge >= 0.3 is 0 Å². The fourth-order valence-electron chi connectivity index (χ4n) is 16.5. The summed E-state index contributed by atoms with van der Waals surface area (Å²) in [5.74, 6) is 0.864. The van der Waals surface area contributed by atoms with Crippen molar-refractivity contribution in [2.24, 2.45) is 0 Å². The van der Waals surface area contributed by atoms with Crippen molar-refractivity contribution in [2.75, 3.05) is 9.80 Å². The van der Waals surface area contributed by atoms with E-state index >= 15 is 0 Å². The molecule has 2 aliphatic carbocycles. The highest BCUT2D eigenvalue weighted by Gasteiger charge is 2.35. The van der Waals surface area contributed by atoms with Crippen LogP contribution >= 0.6 is 0 Å². The van der Waals surface area contributed by atoms with Gasteiger partial charge in [-0.15, -0.1) is 0 Å². The third kappa shape index (κ3) is 8.44. The first kappa shape index (κ1) is 55.4. The maximum atomic E-state index is 5.38.